The minimum absolute atomic E-state index is 0.513. The lowest BCUT2D eigenvalue weighted by molar-refractivity contribution is -0.0537. The van der Waals surface area contributed by atoms with Gasteiger partial charge in [-0.3, -0.25) is 0 Å². The number of methoxy groups -OCH3 is 2. The summed E-state index contributed by atoms with van der Waals surface area (Å²) in [5.41, 5.74) is 0. The van der Waals surface area contributed by atoms with Crippen molar-refractivity contribution in [2.75, 3.05) is 14.2 Å². The maximum Gasteiger partial charge on any atom is 0.508 e. The number of carbonyl (C=O) groups is 2. The fraction of sp³-hybridized carbons (Fsp3) is 0.667. The predicted octanol–water partition coefficient (Wildman–Crippen LogP) is 2.42. The summed E-state index contributed by atoms with van der Waals surface area (Å²) in [4.78, 5) is 22.3. The van der Waals surface area contributed by atoms with Gasteiger partial charge in [0.2, 0.25) is 0 Å². The van der Waals surface area contributed by atoms with Gasteiger partial charge in [0, 0.05) is 0 Å². The van der Waals surface area contributed by atoms with Gasteiger partial charge in [0.15, 0.2) is 0 Å². The largest absolute Gasteiger partial charge is 0.508 e. The second-order valence-electron chi connectivity index (χ2n) is 3.85. The molecule has 0 N–H and O–H groups in total. The van der Waals surface area contributed by atoms with E-state index in [1.807, 2.05) is 12.2 Å². The van der Waals surface area contributed by atoms with Crippen LogP contribution in [0.15, 0.2) is 12.2 Å². The zero-order valence-electron chi connectivity index (χ0n) is 10.6. The first-order valence-electron chi connectivity index (χ1n) is 5.81. The van der Waals surface area contributed by atoms with E-state index < -0.39 is 24.5 Å². The topological polar surface area (TPSA) is 71.1 Å². The van der Waals surface area contributed by atoms with Crippen molar-refractivity contribution in [2.24, 2.45) is 0 Å². The van der Waals surface area contributed by atoms with Crippen LogP contribution in [0.5, 0.6) is 0 Å². The lowest BCUT2D eigenvalue weighted by Crippen LogP contribution is -2.35. The van der Waals surface area contributed by atoms with Gasteiger partial charge in [-0.25, -0.2) is 9.59 Å². The summed E-state index contributed by atoms with van der Waals surface area (Å²) in [6.07, 6.45) is 4.12. The highest BCUT2D eigenvalue weighted by Crippen LogP contribution is 2.20. The summed E-state index contributed by atoms with van der Waals surface area (Å²) in [5.74, 6) is 0. The van der Waals surface area contributed by atoms with E-state index >= 15 is 0 Å². The molecular weight excluding hydrogens is 240 g/mol. The van der Waals surface area contributed by atoms with Crippen molar-refractivity contribution in [1.82, 2.24) is 0 Å². The Morgan fingerprint density at radius 2 is 1.28 bits per heavy atom. The molecule has 6 nitrogen and oxygen atoms in total. The number of rotatable bonds is 2. The molecule has 0 aromatic carbocycles. The normalized spacial score (nSPS) is 25.2. The van der Waals surface area contributed by atoms with Gasteiger partial charge in [-0.2, -0.15) is 0 Å². The molecule has 18 heavy (non-hydrogen) atoms. The third kappa shape index (κ3) is 4.65. The molecule has 0 aromatic heterocycles. The minimum Gasteiger partial charge on any atom is -0.438 e. The Kier molecular flexibility index (Phi) is 6.04. The molecule has 0 fully saturated rings. The van der Waals surface area contributed by atoms with E-state index in [0.717, 1.165) is 12.8 Å². The quantitative estimate of drug-likeness (QED) is 0.559. The molecule has 0 bridgehead atoms. The van der Waals surface area contributed by atoms with Gasteiger partial charge in [-0.05, 0) is 25.7 Å². The highest BCUT2D eigenvalue weighted by molar-refractivity contribution is 5.61. The summed E-state index contributed by atoms with van der Waals surface area (Å²) in [6.45, 7) is 0. The Morgan fingerprint density at radius 3 is 1.61 bits per heavy atom. The van der Waals surface area contributed by atoms with E-state index in [2.05, 4.69) is 9.47 Å². The van der Waals surface area contributed by atoms with Crippen molar-refractivity contribution >= 4 is 12.3 Å². The second kappa shape index (κ2) is 7.58. The molecule has 102 valence electrons. The van der Waals surface area contributed by atoms with Gasteiger partial charge in [-0.1, -0.05) is 12.2 Å². The smallest absolute Gasteiger partial charge is 0.438 e. The van der Waals surface area contributed by atoms with Crippen LogP contribution in [0.2, 0.25) is 0 Å². The van der Waals surface area contributed by atoms with Crippen molar-refractivity contribution in [3.05, 3.63) is 12.2 Å². The molecule has 1 aliphatic carbocycles. The number of hydrogen-bond acceptors (Lipinski definition) is 6. The van der Waals surface area contributed by atoms with E-state index in [-0.39, 0.29) is 0 Å². The molecule has 0 spiro atoms. The first-order valence-corrected chi connectivity index (χ1v) is 5.81. The minimum atomic E-state index is -0.775. The second-order valence-corrected chi connectivity index (χ2v) is 3.85. The first-order chi connectivity index (χ1) is 8.67. The molecule has 1 aliphatic rings. The maximum atomic E-state index is 11.1. The van der Waals surface area contributed by atoms with E-state index in [1.165, 1.54) is 14.2 Å². The van der Waals surface area contributed by atoms with Gasteiger partial charge in [0.25, 0.3) is 0 Å². The molecule has 0 aliphatic heterocycles. The van der Waals surface area contributed by atoms with E-state index in [9.17, 15) is 9.59 Å². The van der Waals surface area contributed by atoms with Gasteiger partial charge < -0.3 is 18.9 Å². The van der Waals surface area contributed by atoms with E-state index in [1.54, 1.807) is 0 Å². The third-order valence-corrected chi connectivity index (χ3v) is 2.65. The lowest BCUT2D eigenvalue weighted by atomic mass is 10.0. The van der Waals surface area contributed by atoms with Crippen molar-refractivity contribution < 1.29 is 28.5 Å². The summed E-state index contributed by atoms with van der Waals surface area (Å²) in [7, 11) is 2.47. The summed E-state index contributed by atoms with van der Waals surface area (Å²) in [6, 6.07) is 0. The fourth-order valence-electron chi connectivity index (χ4n) is 1.74. The molecule has 0 aromatic rings. The molecule has 0 radical (unpaired) electrons. The van der Waals surface area contributed by atoms with Crippen LogP contribution in [0.3, 0.4) is 0 Å². The fourth-order valence-corrected chi connectivity index (χ4v) is 1.74. The average molecular weight is 258 g/mol. The summed E-state index contributed by atoms with van der Waals surface area (Å²) in [5, 5.41) is 0. The van der Waals surface area contributed by atoms with Crippen LogP contribution < -0.4 is 0 Å². The molecule has 2 unspecified atom stereocenters. The number of ether oxygens (including phenoxy) is 4. The molecule has 2 atom stereocenters. The van der Waals surface area contributed by atoms with E-state index in [0.29, 0.717) is 12.8 Å². The van der Waals surface area contributed by atoms with Gasteiger partial charge in [-0.15, -0.1) is 0 Å². The predicted molar refractivity (Wildman–Crippen MR) is 62.2 cm³/mol. The molecule has 0 saturated heterocycles. The standard InChI is InChI=1S/C12H18O6/c1-15-11(13)17-9-7-5-3-4-6-8-10(9)18-12(14)16-2/h3-4,9-10H,5-8H2,1-2H3/b4-3-. The van der Waals surface area contributed by atoms with Crippen molar-refractivity contribution in [1.29, 1.82) is 0 Å². The first kappa shape index (κ1) is 14.3. The zero-order valence-corrected chi connectivity index (χ0v) is 10.6. The Hall–Kier alpha value is -1.72. The Bertz CT molecular complexity index is 282. The molecule has 1 rings (SSSR count). The van der Waals surface area contributed by atoms with Crippen molar-refractivity contribution in [2.45, 2.75) is 37.9 Å². The SMILES string of the molecule is COC(=O)OC1CC/C=C\CCC1OC(=O)OC. The Morgan fingerprint density at radius 1 is 0.889 bits per heavy atom. The van der Waals surface area contributed by atoms with Crippen LogP contribution >= 0.6 is 0 Å². The number of allylic oxidation sites excluding steroid dienone is 2. The Balaban J connectivity index is 2.66. The molecule has 0 heterocycles. The molecular formula is C12H18O6. The summed E-state index contributed by atoms with van der Waals surface area (Å²) < 4.78 is 19.1. The van der Waals surface area contributed by atoms with Gasteiger partial charge in [0.05, 0.1) is 14.2 Å². The number of hydrogen-bond donors (Lipinski definition) is 0. The highest BCUT2D eigenvalue weighted by atomic mass is 16.7. The van der Waals surface area contributed by atoms with Gasteiger partial charge in [0.1, 0.15) is 12.2 Å². The summed E-state index contributed by atoms with van der Waals surface area (Å²) >= 11 is 0. The maximum absolute atomic E-state index is 11.1. The molecule has 6 heteroatoms. The average Bonchev–Trinajstić information content (AvgIpc) is 2.36. The van der Waals surface area contributed by atoms with Crippen LogP contribution in [0.4, 0.5) is 9.59 Å². The number of carbonyl (C=O) groups excluding carboxylic acids is 2. The lowest BCUT2D eigenvalue weighted by Gasteiger charge is -2.26. The van der Waals surface area contributed by atoms with Crippen molar-refractivity contribution in [3.63, 3.8) is 0 Å². The van der Waals surface area contributed by atoms with Crippen LogP contribution in [0.1, 0.15) is 25.7 Å². The zero-order chi connectivity index (χ0) is 13.4. The highest BCUT2D eigenvalue weighted by Gasteiger charge is 2.29. The molecule has 0 amide bonds. The third-order valence-electron chi connectivity index (χ3n) is 2.65. The monoisotopic (exact) mass is 258 g/mol. The Labute approximate surface area is 106 Å². The van der Waals surface area contributed by atoms with E-state index in [4.69, 9.17) is 9.47 Å². The van der Waals surface area contributed by atoms with Crippen molar-refractivity contribution in [3.8, 4) is 0 Å². The van der Waals surface area contributed by atoms with Crippen LogP contribution in [-0.4, -0.2) is 38.7 Å². The van der Waals surface area contributed by atoms with Gasteiger partial charge >= 0.3 is 12.3 Å². The van der Waals surface area contributed by atoms with Crippen LogP contribution in [0, 0.1) is 0 Å². The van der Waals surface area contributed by atoms with Crippen LogP contribution in [-0.2, 0) is 18.9 Å². The van der Waals surface area contributed by atoms with Crippen LogP contribution in [0.25, 0.3) is 0 Å². The molecule has 0 saturated carbocycles.